The lowest BCUT2D eigenvalue weighted by atomic mass is 9.97. The summed E-state index contributed by atoms with van der Waals surface area (Å²) in [7, 11) is 6.16. The van der Waals surface area contributed by atoms with Gasteiger partial charge < -0.3 is 5.32 Å². The molecule has 1 aliphatic rings. The molecular formula is C26H27BClN5S. The molecule has 1 N–H and O–H groups in total. The molecule has 5 nitrogen and oxygen atoms in total. The third-order valence-corrected chi connectivity index (χ3v) is 7.46. The van der Waals surface area contributed by atoms with Crippen molar-refractivity contribution in [2.24, 2.45) is 5.92 Å². The molecule has 0 spiro atoms. The molecule has 1 atom stereocenters. The highest BCUT2D eigenvalue weighted by Gasteiger charge is 2.21. The predicted octanol–water partition coefficient (Wildman–Crippen LogP) is 4.89. The second kappa shape index (κ2) is 10.4. The van der Waals surface area contributed by atoms with Crippen LogP contribution in [0.15, 0.2) is 65.7 Å². The van der Waals surface area contributed by atoms with Crippen molar-refractivity contribution < 1.29 is 0 Å². The van der Waals surface area contributed by atoms with E-state index in [1.165, 1.54) is 23.3 Å². The quantitative estimate of drug-likeness (QED) is 0.297. The van der Waals surface area contributed by atoms with Crippen LogP contribution in [0.3, 0.4) is 0 Å². The van der Waals surface area contributed by atoms with Gasteiger partial charge in [-0.25, -0.2) is 4.98 Å². The van der Waals surface area contributed by atoms with E-state index in [4.69, 9.17) is 24.4 Å². The minimum atomic E-state index is 0.549. The topological polar surface area (TPSA) is 45.5 Å². The summed E-state index contributed by atoms with van der Waals surface area (Å²) in [6.07, 6.45) is 6.18. The standard InChI is InChI=1S/C26H27BClN5S/c1-34-20-10-8-18(9-11-20)16-32-12-4-5-19(17-32)14-29-25-13-24(21-6-2-3-7-23(21)28)31-26-22(27)15-30-33(25)26/h2-3,6-11,13,15,19,29H,4-5,12,14,16-17H2,1H3. The first-order valence-electron chi connectivity index (χ1n) is 11.6. The smallest absolute Gasteiger partial charge is 0.150 e. The van der Waals surface area contributed by atoms with Crippen LogP contribution in [0.4, 0.5) is 5.82 Å². The summed E-state index contributed by atoms with van der Waals surface area (Å²) in [6.45, 7) is 4.08. The van der Waals surface area contributed by atoms with Crippen LogP contribution in [0, 0.1) is 5.92 Å². The van der Waals surface area contributed by atoms with Gasteiger partial charge in [-0.3, -0.25) is 4.90 Å². The molecule has 2 aromatic heterocycles. The maximum absolute atomic E-state index is 6.45. The van der Waals surface area contributed by atoms with Gasteiger partial charge in [0.15, 0.2) is 5.65 Å². The van der Waals surface area contributed by atoms with Gasteiger partial charge in [-0.15, -0.1) is 11.8 Å². The molecule has 5 rings (SSSR count). The van der Waals surface area contributed by atoms with Crippen molar-refractivity contribution in [3.05, 3.63) is 71.4 Å². The molecule has 1 unspecified atom stereocenters. The van der Waals surface area contributed by atoms with Crippen LogP contribution in [0.25, 0.3) is 16.9 Å². The normalized spacial score (nSPS) is 16.7. The summed E-state index contributed by atoms with van der Waals surface area (Å²) < 4.78 is 1.78. The van der Waals surface area contributed by atoms with E-state index < -0.39 is 0 Å². The van der Waals surface area contributed by atoms with Gasteiger partial charge in [-0.05, 0) is 60.8 Å². The Morgan fingerprint density at radius 2 is 2.00 bits per heavy atom. The van der Waals surface area contributed by atoms with Crippen molar-refractivity contribution in [3.63, 3.8) is 0 Å². The van der Waals surface area contributed by atoms with Crippen molar-refractivity contribution >= 4 is 48.1 Å². The number of halogens is 1. The third-order valence-electron chi connectivity index (χ3n) is 6.39. The number of nitrogens with one attached hydrogen (secondary N) is 1. The molecule has 0 amide bonds. The van der Waals surface area contributed by atoms with Crippen molar-refractivity contribution in [1.29, 1.82) is 0 Å². The Bertz CT molecular complexity index is 1280. The van der Waals surface area contributed by atoms with Gasteiger partial charge in [-0.1, -0.05) is 41.9 Å². The van der Waals surface area contributed by atoms with Crippen molar-refractivity contribution in [2.45, 2.75) is 24.3 Å². The van der Waals surface area contributed by atoms with Crippen LogP contribution in [-0.4, -0.2) is 53.2 Å². The van der Waals surface area contributed by atoms with E-state index in [1.54, 1.807) is 22.5 Å². The van der Waals surface area contributed by atoms with E-state index in [-0.39, 0.29) is 0 Å². The zero-order valence-electron chi connectivity index (χ0n) is 19.2. The van der Waals surface area contributed by atoms with Gasteiger partial charge in [0.1, 0.15) is 13.7 Å². The highest BCUT2D eigenvalue weighted by atomic mass is 35.5. The van der Waals surface area contributed by atoms with Gasteiger partial charge >= 0.3 is 0 Å². The fraction of sp³-hybridized carbons (Fsp3) is 0.308. The summed E-state index contributed by atoms with van der Waals surface area (Å²) in [6, 6.07) is 18.7. The Balaban J connectivity index is 1.30. The molecule has 2 radical (unpaired) electrons. The maximum atomic E-state index is 6.45. The van der Waals surface area contributed by atoms with E-state index in [9.17, 15) is 0 Å². The number of piperidine rings is 1. The number of nitrogens with zero attached hydrogens (tertiary/aromatic N) is 4. The van der Waals surface area contributed by atoms with Crippen molar-refractivity contribution in [3.8, 4) is 11.3 Å². The maximum Gasteiger partial charge on any atom is 0.150 e. The SMILES string of the molecule is [B]c1cnn2c(NCC3CCCN(Cc4ccc(SC)cc4)C3)cc(-c3ccccc3Cl)nc12. The first-order chi connectivity index (χ1) is 16.6. The van der Waals surface area contributed by atoms with Gasteiger partial charge in [0.2, 0.25) is 0 Å². The van der Waals surface area contributed by atoms with Gasteiger partial charge in [-0.2, -0.15) is 9.61 Å². The second-order valence-electron chi connectivity index (χ2n) is 8.81. The number of thioether (sulfide) groups is 1. The Morgan fingerprint density at radius 1 is 1.18 bits per heavy atom. The van der Waals surface area contributed by atoms with Crippen LogP contribution in [-0.2, 0) is 6.54 Å². The summed E-state index contributed by atoms with van der Waals surface area (Å²) in [5.41, 5.74) is 4.23. The molecule has 0 aliphatic carbocycles. The highest BCUT2D eigenvalue weighted by molar-refractivity contribution is 7.98. The monoisotopic (exact) mass is 487 g/mol. The zero-order chi connectivity index (χ0) is 23.5. The Morgan fingerprint density at radius 3 is 2.79 bits per heavy atom. The molecule has 172 valence electrons. The number of likely N-dealkylation sites (tertiary alicyclic amines) is 1. The summed E-state index contributed by atoms with van der Waals surface area (Å²) in [4.78, 5) is 8.61. The lowest BCUT2D eigenvalue weighted by Crippen LogP contribution is -2.37. The van der Waals surface area contributed by atoms with E-state index in [1.807, 2.05) is 30.3 Å². The predicted molar refractivity (Wildman–Crippen MR) is 144 cm³/mol. The first-order valence-corrected chi connectivity index (χ1v) is 13.2. The van der Waals surface area contributed by atoms with E-state index in [0.717, 1.165) is 43.3 Å². The molecule has 34 heavy (non-hydrogen) atoms. The number of anilines is 1. The fourth-order valence-corrected chi connectivity index (χ4v) is 5.25. The number of benzene rings is 2. The summed E-state index contributed by atoms with van der Waals surface area (Å²) >= 11 is 8.24. The first kappa shape index (κ1) is 23.3. The molecule has 0 saturated carbocycles. The number of fused-ring (bicyclic) bond motifs is 1. The number of rotatable bonds is 7. The largest absolute Gasteiger partial charge is 0.370 e. The average molecular weight is 488 g/mol. The fourth-order valence-electron chi connectivity index (χ4n) is 4.61. The average Bonchev–Trinajstić information content (AvgIpc) is 3.24. The molecule has 0 bridgehead atoms. The molecule has 4 aromatic rings. The number of hydrogen-bond acceptors (Lipinski definition) is 5. The molecule has 1 saturated heterocycles. The van der Waals surface area contributed by atoms with Crippen LogP contribution in [0.2, 0.25) is 5.02 Å². The van der Waals surface area contributed by atoms with Crippen LogP contribution >= 0.6 is 23.4 Å². The zero-order valence-corrected chi connectivity index (χ0v) is 20.8. The molecule has 1 fully saturated rings. The Labute approximate surface area is 211 Å². The molecule has 8 heteroatoms. The second-order valence-corrected chi connectivity index (χ2v) is 10.1. The molecule has 3 heterocycles. The van der Waals surface area contributed by atoms with E-state index >= 15 is 0 Å². The van der Waals surface area contributed by atoms with Crippen molar-refractivity contribution in [1.82, 2.24) is 19.5 Å². The lowest BCUT2D eigenvalue weighted by molar-refractivity contribution is 0.173. The van der Waals surface area contributed by atoms with Crippen molar-refractivity contribution in [2.75, 3.05) is 31.2 Å². The third kappa shape index (κ3) is 5.12. The van der Waals surface area contributed by atoms with E-state index in [0.29, 0.717) is 22.1 Å². The van der Waals surface area contributed by atoms with Crippen LogP contribution < -0.4 is 10.8 Å². The summed E-state index contributed by atoms with van der Waals surface area (Å²) in [5.74, 6) is 1.43. The van der Waals surface area contributed by atoms with Gasteiger partial charge in [0.05, 0.1) is 5.69 Å². The van der Waals surface area contributed by atoms with Crippen LogP contribution in [0.5, 0.6) is 0 Å². The molecule has 1 aliphatic heterocycles. The minimum Gasteiger partial charge on any atom is -0.370 e. The molecular weight excluding hydrogens is 461 g/mol. The van der Waals surface area contributed by atoms with E-state index in [2.05, 4.69) is 45.8 Å². The number of hydrogen-bond donors (Lipinski definition) is 1. The lowest BCUT2D eigenvalue weighted by Gasteiger charge is -2.33. The minimum absolute atomic E-state index is 0.549. The van der Waals surface area contributed by atoms with Gasteiger partial charge in [0, 0.05) is 47.4 Å². The molecule has 2 aromatic carbocycles. The Hall–Kier alpha value is -2.48. The van der Waals surface area contributed by atoms with Crippen LogP contribution in [0.1, 0.15) is 18.4 Å². The number of aromatic nitrogens is 3. The summed E-state index contributed by atoms with van der Waals surface area (Å²) in [5, 5.41) is 8.74. The highest BCUT2D eigenvalue weighted by Crippen LogP contribution is 2.28. The van der Waals surface area contributed by atoms with Gasteiger partial charge in [0.25, 0.3) is 0 Å². The Kier molecular flexibility index (Phi) is 7.14.